The molecule has 0 aromatic heterocycles. The second kappa shape index (κ2) is 10.1. The minimum Gasteiger partial charge on any atom is -0.493 e. The fraction of sp³-hybridized carbons (Fsp3) is 0.227. The molecule has 1 aliphatic heterocycles. The molecule has 1 atom stereocenters. The van der Waals surface area contributed by atoms with E-state index in [2.05, 4.69) is 4.74 Å². The Morgan fingerprint density at radius 3 is 2.62 bits per heavy atom. The summed E-state index contributed by atoms with van der Waals surface area (Å²) in [6.07, 6.45) is 1.46. The quantitative estimate of drug-likeness (QED) is 0.421. The Labute approximate surface area is 193 Å². The number of nitrogens with zero attached hydrogens (tertiary/aromatic N) is 1. The Bertz CT molecular complexity index is 1110. The highest BCUT2D eigenvalue weighted by molar-refractivity contribution is 8.18. The molecule has 1 fully saturated rings. The predicted molar refractivity (Wildman–Crippen MR) is 118 cm³/mol. The van der Waals surface area contributed by atoms with E-state index in [4.69, 9.17) is 21.1 Å². The number of imide groups is 1. The summed E-state index contributed by atoms with van der Waals surface area (Å²) in [5.41, 5.74) is 0.824. The Morgan fingerprint density at radius 1 is 1.25 bits per heavy atom. The van der Waals surface area contributed by atoms with Gasteiger partial charge in [-0.25, -0.2) is 9.18 Å². The van der Waals surface area contributed by atoms with Gasteiger partial charge in [0.2, 0.25) is 0 Å². The van der Waals surface area contributed by atoms with Gasteiger partial charge in [0.25, 0.3) is 11.1 Å². The topological polar surface area (TPSA) is 82.1 Å². The van der Waals surface area contributed by atoms with Crippen LogP contribution in [0.15, 0.2) is 41.3 Å². The van der Waals surface area contributed by atoms with Gasteiger partial charge >= 0.3 is 5.97 Å². The van der Waals surface area contributed by atoms with E-state index in [1.165, 1.54) is 39.4 Å². The number of rotatable bonds is 7. The van der Waals surface area contributed by atoms with Crippen molar-refractivity contribution >= 4 is 46.6 Å². The summed E-state index contributed by atoms with van der Waals surface area (Å²) in [5, 5.41) is -0.406. The van der Waals surface area contributed by atoms with Crippen LogP contribution in [0, 0.1) is 5.82 Å². The Morgan fingerprint density at radius 2 is 1.97 bits per heavy atom. The highest BCUT2D eigenvalue weighted by Gasteiger charge is 2.41. The number of ether oxygens (including phenoxy) is 3. The van der Waals surface area contributed by atoms with Crippen molar-refractivity contribution in [2.45, 2.75) is 19.6 Å². The Kier molecular flexibility index (Phi) is 7.42. The molecule has 7 nitrogen and oxygen atoms in total. The lowest BCUT2D eigenvalue weighted by Crippen LogP contribution is -2.42. The van der Waals surface area contributed by atoms with E-state index in [0.717, 1.165) is 4.90 Å². The van der Waals surface area contributed by atoms with E-state index in [9.17, 15) is 18.8 Å². The standard InChI is InChI=1S/C22H19ClFNO6S/c1-12(21(27)30-3)25-20(26)18(32-22(25)28)10-13-8-15(23)19(17(9-13)29-2)31-11-14-6-4-5-7-16(14)24/h4-10,12H,11H2,1-3H3/b18-10+/t12-/m1/s1. The summed E-state index contributed by atoms with van der Waals surface area (Å²) in [5.74, 6) is -1.25. The van der Waals surface area contributed by atoms with Crippen LogP contribution in [0.4, 0.5) is 9.18 Å². The molecule has 0 saturated carbocycles. The monoisotopic (exact) mass is 479 g/mol. The van der Waals surface area contributed by atoms with Crippen LogP contribution in [0.25, 0.3) is 6.08 Å². The molecule has 1 aliphatic rings. The highest BCUT2D eigenvalue weighted by Crippen LogP contribution is 2.39. The zero-order chi connectivity index (χ0) is 23.4. The van der Waals surface area contributed by atoms with E-state index in [-0.39, 0.29) is 28.0 Å². The van der Waals surface area contributed by atoms with Crippen LogP contribution in [0.2, 0.25) is 5.02 Å². The number of amides is 2. The molecule has 0 radical (unpaired) electrons. The number of benzene rings is 2. The number of esters is 1. The molecular formula is C22H19ClFNO6S. The summed E-state index contributed by atoms with van der Waals surface area (Å²) in [6, 6.07) is 8.24. The molecule has 0 aliphatic carbocycles. The zero-order valence-corrected chi connectivity index (χ0v) is 19.0. The molecule has 2 amide bonds. The van der Waals surface area contributed by atoms with Gasteiger partial charge in [0.15, 0.2) is 11.5 Å². The van der Waals surface area contributed by atoms with Crippen molar-refractivity contribution in [3.05, 3.63) is 63.3 Å². The van der Waals surface area contributed by atoms with Gasteiger partial charge in [-0.3, -0.25) is 14.5 Å². The van der Waals surface area contributed by atoms with E-state index < -0.39 is 29.0 Å². The molecule has 0 N–H and O–H groups in total. The van der Waals surface area contributed by atoms with Gasteiger partial charge < -0.3 is 14.2 Å². The van der Waals surface area contributed by atoms with Crippen LogP contribution in [-0.4, -0.2) is 42.3 Å². The third-order valence-corrected chi connectivity index (χ3v) is 5.80. The second-order valence-corrected chi connectivity index (χ2v) is 8.07. The number of hydrogen-bond donors (Lipinski definition) is 0. The second-order valence-electron chi connectivity index (χ2n) is 6.67. The van der Waals surface area contributed by atoms with E-state index in [0.29, 0.717) is 22.9 Å². The molecule has 1 heterocycles. The summed E-state index contributed by atoms with van der Waals surface area (Å²) in [4.78, 5) is 37.6. The van der Waals surface area contributed by atoms with Crippen molar-refractivity contribution in [1.82, 2.24) is 4.90 Å². The largest absolute Gasteiger partial charge is 0.493 e. The zero-order valence-electron chi connectivity index (χ0n) is 17.4. The van der Waals surface area contributed by atoms with Gasteiger partial charge in [-0.2, -0.15) is 0 Å². The summed E-state index contributed by atoms with van der Waals surface area (Å²) in [6.45, 7) is 1.35. The minimum atomic E-state index is -1.05. The molecule has 1 saturated heterocycles. The van der Waals surface area contributed by atoms with Crippen molar-refractivity contribution < 1.29 is 33.0 Å². The van der Waals surface area contributed by atoms with Gasteiger partial charge in [0.05, 0.1) is 24.1 Å². The van der Waals surface area contributed by atoms with Crippen LogP contribution in [0.1, 0.15) is 18.1 Å². The van der Waals surface area contributed by atoms with Gasteiger partial charge in [-0.15, -0.1) is 0 Å². The summed E-state index contributed by atoms with van der Waals surface area (Å²) < 4.78 is 29.5. The summed E-state index contributed by atoms with van der Waals surface area (Å²) in [7, 11) is 2.59. The molecule has 2 aromatic carbocycles. The first-order chi connectivity index (χ1) is 15.3. The van der Waals surface area contributed by atoms with Crippen molar-refractivity contribution in [3.8, 4) is 11.5 Å². The van der Waals surface area contributed by atoms with Crippen LogP contribution < -0.4 is 9.47 Å². The first kappa shape index (κ1) is 23.6. The number of halogens is 2. The molecule has 3 rings (SSSR count). The molecule has 0 unspecified atom stereocenters. The first-order valence-electron chi connectivity index (χ1n) is 9.35. The lowest BCUT2D eigenvalue weighted by molar-refractivity contribution is -0.148. The lowest BCUT2D eigenvalue weighted by Gasteiger charge is -2.18. The SMILES string of the molecule is COC(=O)[C@@H](C)N1C(=O)S/C(=C/c2cc(Cl)c(OCc3ccccc3F)c(OC)c2)C1=O. The molecule has 168 valence electrons. The van der Waals surface area contributed by atoms with Crippen molar-refractivity contribution in [3.63, 3.8) is 0 Å². The predicted octanol–water partition coefficient (Wildman–Crippen LogP) is 4.66. The normalized spacial score (nSPS) is 15.8. The van der Waals surface area contributed by atoms with E-state index >= 15 is 0 Å². The number of hydrogen-bond acceptors (Lipinski definition) is 7. The fourth-order valence-electron chi connectivity index (χ4n) is 2.97. The van der Waals surface area contributed by atoms with E-state index in [1.807, 2.05) is 0 Å². The van der Waals surface area contributed by atoms with Gasteiger partial charge in [0, 0.05) is 5.56 Å². The van der Waals surface area contributed by atoms with Crippen molar-refractivity contribution in [1.29, 1.82) is 0 Å². The maximum atomic E-state index is 13.8. The van der Waals surface area contributed by atoms with Gasteiger partial charge in [-0.05, 0) is 48.5 Å². The Hall–Kier alpha value is -3.04. The third kappa shape index (κ3) is 4.89. The average molecular weight is 480 g/mol. The van der Waals surface area contributed by atoms with Crippen LogP contribution in [-0.2, 0) is 20.9 Å². The highest BCUT2D eigenvalue weighted by atomic mass is 35.5. The van der Waals surface area contributed by atoms with Crippen molar-refractivity contribution in [2.75, 3.05) is 14.2 Å². The van der Waals surface area contributed by atoms with Gasteiger partial charge in [-0.1, -0.05) is 29.8 Å². The third-order valence-electron chi connectivity index (χ3n) is 4.63. The number of methoxy groups -OCH3 is 2. The molecule has 32 heavy (non-hydrogen) atoms. The maximum absolute atomic E-state index is 13.8. The number of thioether (sulfide) groups is 1. The smallest absolute Gasteiger partial charge is 0.328 e. The molecule has 0 spiro atoms. The lowest BCUT2D eigenvalue weighted by atomic mass is 10.1. The molecule has 0 bridgehead atoms. The van der Waals surface area contributed by atoms with Crippen molar-refractivity contribution in [2.24, 2.45) is 0 Å². The van der Waals surface area contributed by atoms with Crippen LogP contribution >= 0.6 is 23.4 Å². The fourth-order valence-corrected chi connectivity index (χ4v) is 4.15. The number of carbonyl (C=O) groups is 3. The molecule has 2 aromatic rings. The molecular weight excluding hydrogens is 461 g/mol. The van der Waals surface area contributed by atoms with Crippen LogP contribution in [0.5, 0.6) is 11.5 Å². The Balaban J connectivity index is 1.85. The minimum absolute atomic E-state index is 0.0631. The summed E-state index contributed by atoms with van der Waals surface area (Å²) >= 11 is 7.05. The number of carbonyl (C=O) groups excluding carboxylic acids is 3. The molecule has 10 heteroatoms. The van der Waals surface area contributed by atoms with Crippen LogP contribution in [0.3, 0.4) is 0 Å². The first-order valence-corrected chi connectivity index (χ1v) is 10.5. The van der Waals surface area contributed by atoms with E-state index in [1.54, 1.807) is 24.3 Å². The maximum Gasteiger partial charge on any atom is 0.328 e. The average Bonchev–Trinajstić information content (AvgIpc) is 3.05. The van der Waals surface area contributed by atoms with Gasteiger partial charge in [0.1, 0.15) is 18.5 Å².